The lowest BCUT2D eigenvalue weighted by Gasteiger charge is -2.06. The molecule has 2 heterocycles. The summed E-state index contributed by atoms with van der Waals surface area (Å²) in [5.41, 5.74) is 0.861. The Morgan fingerprint density at radius 3 is 2.68 bits per heavy atom. The summed E-state index contributed by atoms with van der Waals surface area (Å²) >= 11 is 6.52. The highest BCUT2D eigenvalue weighted by molar-refractivity contribution is 7.71. The van der Waals surface area contributed by atoms with E-state index in [4.69, 9.17) is 21.4 Å². The molecule has 0 bridgehead atoms. The normalized spacial score (nSPS) is 11.4. The molecule has 0 spiro atoms. The number of hydrogen-bond acceptors (Lipinski definition) is 6. The lowest BCUT2D eigenvalue weighted by molar-refractivity contribution is 0.182. The molecule has 0 aliphatic carbocycles. The van der Waals surface area contributed by atoms with Crippen LogP contribution in [0.3, 0.4) is 0 Å². The van der Waals surface area contributed by atoms with E-state index in [9.17, 15) is 0 Å². The molecule has 0 saturated heterocycles. The Bertz CT molecular complexity index is 584. The first kappa shape index (κ1) is 14.4. The monoisotopic (exact) mass is 299 g/mol. The Balaban J connectivity index is 2.43. The average Bonchev–Trinajstić information content (AvgIpc) is 2.98. The van der Waals surface area contributed by atoms with Gasteiger partial charge in [-0.15, -0.1) is 16.4 Å². The van der Waals surface area contributed by atoms with E-state index >= 15 is 0 Å². The number of hydrogen-bond donors (Lipinski definition) is 1. The Labute approximate surface area is 121 Å². The molecule has 2 aromatic heterocycles. The van der Waals surface area contributed by atoms with E-state index < -0.39 is 0 Å². The third-order valence-corrected chi connectivity index (χ3v) is 4.38. The van der Waals surface area contributed by atoms with Crippen molar-refractivity contribution in [3.63, 3.8) is 0 Å². The van der Waals surface area contributed by atoms with E-state index in [1.54, 1.807) is 18.4 Å². The van der Waals surface area contributed by atoms with Crippen LogP contribution < -0.4 is 0 Å². The van der Waals surface area contributed by atoms with Crippen LogP contribution >= 0.6 is 23.6 Å². The van der Waals surface area contributed by atoms with Gasteiger partial charge in [-0.25, -0.2) is 10.1 Å². The minimum absolute atomic E-state index is 0.274. The first-order chi connectivity index (χ1) is 9.19. The van der Waals surface area contributed by atoms with Gasteiger partial charge in [-0.1, -0.05) is 13.8 Å². The number of H-pyrrole nitrogens is 1. The molecule has 19 heavy (non-hydrogen) atoms. The molecule has 0 aromatic carbocycles. The molecule has 104 valence electrons. The SMILES string of the molecule is CCC(CC)c1nc(COC)c(-c2n[nH]c(=S)o2)s1. The lowest BCUT2D eigenvalue weighted by atomic mass is 10.1. The second-order valence-electron chi connectivity index (χ2n) is 4.19. The van der Waals surface area contributed by atoms with Crippen molar-refractivity contribution in [1.82, 2.24) is 15.2 Å². The van der Waals surface area contributed by atoms with E-state index in [-0.39, 0.29) is 4.84 Å². The topological polar surface area (TPSA) is 63.9 Å². The molecule has 0 unspecified atom stereocenters. The van der Waals surface area contributed by atoms with E-state index in [2.05, 4.69) is 29.0 Å². The number of methoxy groups -OCH3 is 1. The summed E-state index contributed by atoms with van der Waals surface area (Å²) in [6.45, 7) is 4.79. The molecule has 0 amide bonds. The molecule has 2 aromatic rings. The Morgan fingerprint density at radius 1 is 1.42 bits per heavy atom. The second-order valence-corrected chi connectivity index (χ2v) is 5.59. The molecule has 0 fully saturated rings. The van der Waals surface area contributed by atoms with Crippen LogP contribution in [0.5, 0.6) is 0 Å². The number of rotatable bonds is 6. The number of ether oxygens (including phenoxy) is 1. The van der Waals surface area contributed by atoms with Crippen molar-refractivity contribution in [3.05, 3.63) is 15.5 Å². The van der Waals surface area contributed by atoms with Crippen molar-refractivity contribution in [3.8, 4) is 10.8 Å². The van der Waals surface area contributed by atoms with Crippen LogP contribution in [0, 0.1) is 4.84 Å². The Hall–Kier alpha value is -1.05. The average molecular weight is 299 g/mol. The van der Waals surface area contributed by atoms with Crippen molar-refractivity contribution >= 4 is 23.6 Å². The zero-order chi connectivity index (χ0) is 13.8. The summed E-state index contributed by atoms with van der Waals surface area (Å²) in [4.78, 5) is 5.85. The molecule has 0 atom stereocenters. The van der Waals surface area contributed by atoms with Gasteiger partial charge in [0.05, 0.1) is 17.3 Å². The zero-order valence-electron chi connectivity index (χ0n) is 11.2. The molecular weight excluding hydrogens is 282 g/mol. The van der Waals surface area contributed by atoms with Gasteiger partial charge in [-0.05, 0) is 25.1 Å². The quantitative estimate of drug-likeness (QED) is 0.819. The van der Waals surface area contributed by atoms with Gasteiger partial charge < -0.3 is 9.15 Å². The fourth-order valence-corrected chi connectivity index (χ4v) is 3.30. The highest BCUT2D eigenvalue weighted by Crippen LogP contribution is 2.35. The smallest absolute Gasteiger partial charge is 0.284 e. The van der Waals surface area contributed by atoms with Gasteiger partial charge in [0.15, 0.2) is 0 Å². The molecule has 0 saturated carbocycles. The summed E-state index contributed by atoms with van der Waals surface area (Å²) in [6.07, 6.45) is 2.14. The number of thiazole rings is 1. The van der Waals surface area contributed by atoms with Crippen LogP contribution in [-0.2, 0) is 11.3 Å². The van der Waals surface area contributed by atoms with Gasteiger partial charge in [0.25, 0.3) is 10.7 Å². The molecule has 7 heteroatoms. The van der Waals surface area contributed by atoms with E-state index in [1.807, 2.05) is 0 Å². The van der Waals surface area contributed by atoms with Gasteiger partial charge in [-0.3, -0.25) is 0 Å². The van der Waals surface area contributed by atoms with E-state index in [0.29, 0.717) is 18.4 Å². The number of aromatic nitrogens is 3. The maximum Gasteiger partial charge on any atom is 0.284 e. The number of nitrogens with zero attached hydrogens (tertiary/aromatic N) is 2. The summed E-state index contributed by atoms with van der Waals surface area (Å²) < 4.78 is 10.6. The minimum Gasteiger partial charge on any atom is -0.408 e. The standard InChI is InChI=1S/C12H17N3O2S2/c1-4-7(5-2)11-13-8(6-16-3)9(19-11)10-14-15-12(18)17-10/h7H,4-6H2,1-3H3,(H,15,18). The van der Waals surface area contributed by atoms with Gasteiger partial charge in [-0.2, -0.15) is 0 Å². The predicted molar refractivity (Wildman–Crippen MR) is 76.8 cm³/mol. The molecule has 0 aliphatic heterocycles. The Morgan fingerprint density at radius 2 is 2.16 bits per heavy atom. The number of nitrogens with one attached hydrogen (secondary N) is 1. The largest absolute Gasteiger partial charge is 0.408 e. The fourth-order valence-electron chi connectivity index (χ4n) is 1.91. The molecule has 1 N–H and O–H groups in total. The first-order valence-electron chi connectivity index (χ1n) is 6.23. The summed E-state index contributed by atoms with van der Waals surface area (Å²) in [5, 5.41) is 7.82. The number of aromatic amines is 1. The highest BCUT2D eigenvalue weighted by Gasteiger charge is 2.20. The molecule has 2 rings (SSSR count). The van der Waals surface area contributed by atoms with Crippen LogP contribution in [0.15, 0.2) is 4.42 Å². The van der Waals surface area contributed by atoms with Crippen molar-refractivity contribution in [2.24, 2.45) is 0 Å². The van der Waals surface area contributed by atoms with Gasteiger partial charge >= 0.3 is 0 Å². The van der Waals surface area contributed by atoms with Crippen LogP contribution in [0.2, 0.25) is 0 Å². The minimum atomic E-state index is 0.274. The predicted octanol–water partition coefficient (Wildman–Crippen LogP) is 3.91. The van der Waals surface area contributed by atoms with Crippen molar-refractivity contribution in [1.29, 1.82) is 0 Å². The van der Waals surface area contributed by atoms with Crippen LogP contribution in [0.25, 0.3) is 10.8 Å². The van der Waals surface area contributed by atoms with Gasteiger partial charge in [0.2, 0.25) is 0 Å². The second kappa shape index (κ2) is 6.40. The molecular formula is C12H17N3O2S2. The summed E-state index contributed by atoms with van der Waals surface area (Å²) in [7, 11) is 1.65. The third kappa shape index (κ3) is 3.10. The van der Waals surface area contributed by atoms with E-state index in [0.717, 1.165) is 28.4 Å². The maximum absolute atomic E-state index is 5.38. The molecule has 0 aliphatic rings. The summed E-state index contributed by atoms with van der Waals surface area (Å²) in [5.74, 6) is 0.961. The van der Waals surface area contributed by atoms with Crippen LogP contribution in [0.4, 0.5) is 0 Å². The zero-order valence-corrected chi connectivity index (χ0v) is 12.9. The highest BCUT2D eigenvalue weighted by atomic mass is 32.1. The fraction of sp³-hybridized carbons (Fsp3) is 0.583. The van der Waals surface area contributed by atoms with Crippen LogP contribution in [-0.4, -0.2) is 22.3 Å². The molecule has 0 radical (unpaired) electrons. The first-order valence-corrected chi connectivity index (χ1v) is 7.46. The van der Waals surface area contributed by atoms with Gasteiger partial charge in [0, 0.05) is 13.0 Å². The Kier molecular flexibility index (Phi) is 4.84. The maximum atomic E-state index is 5.38. The van der Waals surface area contributed by atoms with Crippen molar-refractivity contribution in [2.75, 3.05) is 7.11 Å². The lowest BCUT2D eigenvalue weighted by Crippen LogP contribution is -1.96. The third-order valence-electron chi connectivity index (χ3n) is 2.96. The van der Waals surface area contributed by atoms with Gasteiger partial charge in [0.1, 0.15) is 4.88 Å². The van der Waals surface area contributed by atoms with Crippen molar-refractivity contribution in [2.45, 2.75) is 39.2 Å². The molecule has 5 nitrogen and oxygen atoms in total. The van der Waals surface area contributed by atoms with E-state index in [1.165, 1.54) is 0 Å². The summed E-state index contributed by atoms with van der Waals surface area (Å²) in [6, 6.07) is 0. The van der Waals surface area contributed by atoms with Crippen LogP contribution in [0.1, 0.15) is 43.3 Å². The van der Waals surface area contributed by atoms with Crippen molar-refractivity contribution < 1.29 is 9.15 Å².